The van der Waals surface area contributed by atoms with Crippen LogP contribution in [0, 0.1) is 0 Å². The van der Waals surface area contributed by atoms with E-state index in [1.54, 1.807) is 13.2 Å². The molecule has 27 heavy (non-hydrogen) atoms. The molecule has 3 fully saturated rings. The minimum absolute atomic E-state index is 0.286. The number of nitrogens with zero attached hydrogens (tertiary/aromatic N) is 3. The highest BCUT2D eigenvalue weighted by molar-refractivity contribution is 6.01. The first-order valence-electron chi connectivity index (χ1n) is 9.49. The fourth-order valence-electron chi connectivity index (χ4n) is 4.47. The van der Waals surface area contributed by atoms with Gasteiger partial charge in [0.1, 0.15) is 0 Å². The Kier molecular flexibility index (Phi) is 4.92. The molecule has 4 rings (SSSR count). The Morgan fingerprint density at radius 2 is 2.22 bits per heavy atom. The summed E-state index contributed by atoms with van der Waals surface area (Å²) in [4.78, 5) is 21.2. The van der Waals surface area contributed by atoms with E-state index >= 15 is 0 Å². The van der Waals surface area contributed by atoms with Crippen molar-refractivity contribution in [3.63, 3.8) is 0 Å². The molecule has 0 radical (unpaired) electrons. The summed E-state index contributed by atoms with van der Waals surface area (Å²) in [5, 5.41) is 2.81. The number of nitrogens with two attached hydrogens (primary N) is 1. The number of hydrogen-bond donors (Lipinski definition) is 2. The maximum absolute atomic E-state index is 11.8. The second-order valence-corrected chi connectivity index (χ2v) is 7.41. The van der Waals surface area contributed by atoms with Crippen LogP contribution in [0.4, 0.5) is 17.2 Å². The van der Waals surface area contributed by atoms with Gasteiger partial charge in [-0.05, 0) is 31.4 Å². The quantitative estimate of drug-likeness (QED) is 0.750. The lowest BCUT2D eigenvalue weighted by Crippen LogP contribution is -2.49. The van der Waals surface area contributed by atoms with Crippen molar-refractivity contribution in [1.82, 2.24) is 9.88 Å². The first-order valence-corrected chi connectivity index (χ1v) is 9.49. The fourth-order valence-corrected chi connectivity index (χ4v) is 4.47. The van der Waals surface area contributed by atoms with E-state index in [1.165, 1.54) is 12.5 Å². The summed E-state index contributed by atoms with van der Waals surface area (Å²) in [7, 11) is 1.54. The zero-order valence-corrected chi connectivity index (χ0v) is 15.7. The lowest BCUT2D eigenvalue weighted by atomic mass is 10.0. The van der Waals surface area contributed by atoms with Crippen LogP contribution in [0.3, 0.4) is 0 Å². The van der Waals surface area contributed by atoms with Crippen molar-refractivity contribution in [2.45, 2.75) is 37.5 Å². The number of nitrogen functional groups attached to an aromatic ring is 1. The number of piperidine rings is 1. The third kappa shape index (κ3) is 3.46. The maximum Gasteiger partial charge on any atom is 0.247 e. The summed E-state index contributed by atoms with van der Waals surface area (Å²) in [6, 6.07) is 2.87. The molecular formula is C19H27N5O3. The standard InChI is InChI=1S/C19H27N5O3/c1-3-17(25)21-16-9-15(20)19(26-2)22-18(16)23-6-4-12(5-7-23)24-10-14-8-13(24)11-27-14/h3,9,12-14H,1,4-8,10-11,20H2,2H3,(H,21,25)/t13-,14-/m1/s1. The first-order chi connectivity index (χ1) is 13.1. The molecule has 3 N–H and O–H groups in total. The van der Waals surface area contributed by atoms with Gasteiger partial charge in [-0.25, -0.2) is 0 Å². The van der Waals surface area contributed by atoms with Gasteiger partial charge in [-0.3, -0.25) is 9.69 Å². The van der Waals surface area contributed by atoms with Crippen molar-refractivity contribution in [3.8, 4) is 5.88 Å². The third-order valence-electron chi connectivity index (χ3n) is 5.81. The van der Waals surface area contributed by atoms with Gasteiger partial charge in [0.25, 0.3) is 0 Å². The number of amides is 1. The number of likely N-dealkylation sites (tertiary alicyclic amines) is 1. The smallest absolute Gasteiger partial charge is 0.247 e. The fraction of sp³-hybridized carbons (Fsp3) is 0.579. The topological polar surface area (TPSA) is 93.0 Å². The number of fused-ring (bicyclic) bond motifs is 2. The van der Waals surface area contributed by atoms with E-state index in [-0.39, 0.29) is 5.91 Å². The van der Waals surface area contributed by atoms with E-state index in [0.29, 0.717) is 41.3 Å². The number of rotatable bonds is 5. The lowest BCUT2D eigenvalue weighted by molar-refractivity contribution is -0.111. The van der Waals surface area contributed by atoms with Gasteiger partial charge in [0.05, 0.1) is 31.2 Å². The van der Waals surface area contributed by atoms with Crippen LogP contribution in [-0.2, 0) is 9.53 Å². The zero-order valence-electron chi connectivity index (χ0n) is 15.7. The van der Waals surface area contributed by atoms with E-state index in [4.69, 9.17) is 15.2 Å². The highest BCUT2D eigenvalue weighted by Gasteiger charge is 2.42. The number of aromatic nitrogens is 1. The average Bonchev–Trinajstić information content (AvgIpc) is 3.32. The monoisotopic (exact) mass is 373 g/mol. The highest BCUT2D eigenvalue weighted by Crippen LogP contribution is 2.36. The van der Waals surface area contributed by atoms with Crippen molar-refractivity contribution in [2.24, 2.45) is 0 Å². The SMILES string of the molecule is C=CC(=O)Nc1cc(N)c(OC)nc1N1CCC(N2C[C@H]3C[C@@H]2CO3)CC1. The van der Waals surface area contributed by atoms with Gasteiger partial charge in [-0.1, -0.05) is 6.58 Å². The molecule has 2 atom stereocenters. The highest BCUT2D eigenvalue weighted by atomic mass is 16.5. The molecule has 0 saturated carbocycles. The van der Waals surface area contributed by atoms with Crippen molar-refractivity contribution < 1.29 is 14.3 Å². The van der Waals surface area contributed by atoms with Gasteiger partial charge < -0.3 is 25.4 Å². The summed E-state index contributed by atoms with van der Waals surface area (Å²) >= 11 is 0. The van der Waals surface area contributed by atoms with Crippen molar-refractivity contribution in [1.29, 1.82) is 0 Å². The second kappa shape index (κ2) is 7.36. The van der Waals surface area contributed by atoms with Gasteiger partial charge in [0, 0.05) is 31.7 Å². The Balaban J connectivity index is 1.49. The zero-order chi connectivity index (χ0) is 19.0. The van der Waals surface area contributed by atoms with Crippen LogP contribution in [0.25, 0.3) is 0 Å². The van der Waals surface area contributed by atoms with Crippen molar-refractivity contribution in [3.05, 3.63) is 18.7 Å². The summed E-state index contributed by atoms with van der Waals surface area (Å²) in [6.45, 7) is 7.19. The molecule has 4 heterocycles. The summed E-state index contributed by atoms with van der Waals surface area (Å²) < 4.78 is 11.0. The van der Waals surface area contributed by atoms with Crippen LogP contribution in [0.5, 0.6) is 5.88 Å². The van der Waals surface area contributed by atoms with E-state index in [9.17, 15) is 4.79 Å². The molecule has 3 saturated heterocycles. The number of morpholine rings is 1. The van der Waals surface area contributed by atoms with Crippen LogP contribution in [0.15, 0.2) is 18.7 Å². The van der Waals surface area contributed by atoms with Gasteiger partial charge >= 0.3 is 0 Å². The molecule has 8 nitrogen and oxygen atoms in total. The number of carbonyl (C=O) groups excluding carboxylic acids is 1. The Bertz CT molecular complexity index is 732. The van der Waals surface area contributed by atoms with Gasteiger partial charge in [0.15, 0.2) is 5.82 Å². The summed E-state index contributed by atoms with van der Waals surface area (Å²) in [5.74, 6) is 0.782. The molecule has 8 heteroatoms. The first kappa shape index (κ1) is 18.1. The van der Waals surface area contributed by atoms with Crippen LogP contribution in [-0.4, -0.2) is 67.3 Å². The van der Waals surface area contributed by atoms with E-state index in [1.807, 2.05) is 0 Å². The predicted octanol–water partition coefficient (Wildman–Crippen LogP) is 1.24. The normalized spacial score (nSPS) is 25.6. The number of methoxy groups -OCH3 is 1. The molecule has 3 aliphatic heterocycles. The number of hydrogen-bond acceptors (Lipinski definition) is 7. The van der Waals surface area contributed by atoms with Crippen LogP contribution in [0.2, 0.25) is 0 Å². The van der Waals surface area contributed by atoms with E-state index in [0.717, 1.165) is 39.1 Å². The Labute approximate surface area is 159 Å². The Morgan fingerprint density at radius 3 is 2.81 bits per heavy atom. The van der Waals surface area contributed by atoms with Crippen LogP contribution in [0.1, 0.15) is 19.3 Å². The molecule has 2 bridgehead atoms. The maximum atomic E-state index is 11.8. The van der Waals surface area contributed by atoms with E-state index < -0.39 is 0 Å². The summed E-state index contributed by atoms with van der Waals surface area (Å²) in [5.41, 5.74) is 6.97. The Morgan fingerprint density at radius 1 is 1.44 bits per heavy atom. The minimum Gasteiger partial charge on any atom is -0.479 e. The van der Waals surface area contributed by atoms with Crippen LogP contribution >= 0.6 is 0 Å². The van der Waals surface area contributed by atoms with Gasteiger partial charge in [-0.15, -0.1) is 0 Å². The number of pyridine rings is 1. The van der Waals surface area contributed by atoms with Crippen LogP contribution < -0.4 is 20.7 Å². The molecule has 0 aliphatic carbocycles. The van der Waals surface area contributed by atoms with Crippen molar-refractivity contribution in [2.75, 3.05) is 49.3 Å². The number of nitrogens with one attached hydrogen (secondary N) is 1. The molecule has 146 valence electrons. The lowest BCUT2D eigenvalue weighted by Gasteiger charge is -2.41. The molecule has 1 aromatic rings. The largest absolute Gasteiger partial charge is 0.479 e. The minimum atomic E-state index is -0.286. The molecule has 0 unspecified atom stereocenters. The molecule has 0 aromatic carbocycles. The third-order valence-corrected chi connectivity index (χ3v) is 5.81. The number of carbonyl (C=O) groups is 1. The number of ether oxygens (including phenoxy) is 2. The van der Waals surface area contributed by atoms with Crippen molar-refractivity contribution >= 4 is 23.1 Å². The number of anilines is 3. The molecular weight excluding hydrogens is 346 g/mol. The molecule has 1 amide bonds. The molecule has 3 aliphatic rings. The molecule has 1 aromatic heterocycles. The summed E-state index contributed by atoms with van der Waals surface area (Å²) in [6.07, 6.45) is 4.96. The van der Waals surface area contributed by atoms with Gasteiger partial charge in [-0.2, -0.15) is 4.98 Å². The Hall–Kier alpha value is -2.32. The second-order valence-electron chi connectivity index (χ2n) is 7.41. The van der Waals surface area contributed by atoms with Gasteiger partial charge in [0.2, 0.25) is 11.8 Å². The average molecular weight is 373 g/mol. The van der Waals surface area contributed by atoms with E-state index in [2.05, 4.69) is 26.7 Å². The molecule has 0 spiro atoms. The predicted molar refractivity (Wildman–Crippen MR) is 104 cm³/mol.